The fraction of sp³-hybridized carbons (Fsp3) is 0.571. The zero-order valence-corrected chi connectivity index (χ0v) is 10.4. The van der Waals surface area contributed by atoms with Crippen LogP contribution in [0.2, 0.25) is 0 Å². The van der Waals surface area contributed by atoms with Crippen LogP contribution in [0.5, 0.6) is 5.75 Å². The maximum absolute atomic E-state index is 5.63. The van der Waals surface area contributed by atoms with E-state index in [4.69, 9.17) is 9.47 Å². The normalized spacial score (nSPS) is 14.9. The molecule has 0 bridgehead atoms. The van der Waals surface area contributed by atoms with E-state index >= 15 is 0 Å². The van der Waals surface area contributed by atoms with Crippen molar-refractivity contribution >= 4 is 0 Å². The van der Waals surface area contributed by atoms with E-state index in [0.29, 0.717) is 6.61 Å². The second-order valence-corrected chi connectivity index (χ2v) is 4.49. The standard InChI is InChI=1S/C14H21NO2/c1-16-14-5-2-4-12(10-14)11-17-9-3-8-15-13-6-7-13/h2,4-5,10,13,15H,3,6-9,11H2,1H3. The highest BCUT2D eigenvalue weighted by molar-refractivity contribution is 5.27. The SMILES string of the molecule is COc1cccc(COCCCNC2CC2)c1. The number of rotatable bonds is 8. The van der Waals surface area contributed by atoms with Gasteiger partial charge in [0.05, 0.1) is 13.7 Å². The number of ether oxygens (including phenoxy) is 2. The Bertz CT molecular complexity index is 337. The maximum Gasteiger partial charge on any atom is 0.119 e. The van der Waals surface area contributed by atoms with Crippen molar-refractivity contribution < 1.29 is 9.47 Å². The summed E-state index contributed by atoms with van der Waals surface area (Å²) in [5.74, 6) is 0.890. The van der Waals surface area contributed by atoms with Gasteiger partial charge < -0.3 is 14.8 Å². The number of nitrogens with one attached hydrogen (secondary N) is 1. The Labute approximate surface area is 103 Å². The van der Waals surface area contributed by atoms with Crippen molar-refractivity contribution in [2.24, 2.45) is 0 Å². The molecule has 3 heteroatoms. The second-order valence-electron chi connectivity index (χ2n) is 4.49. The van der Waals surface area contributed by atoms with E-state index in [1.807, 2.05) is 18.2 Å². The van der Waals surface area contributed by atoms with Gasteiger partial charge >= 0.3 is 0 Å². The molecular formula is C14H21NO2. The van der Waals surface area contributed by atoms with Crippen LogP contribution in [0.15, 0.2) is 24.3 Å². The fourth-order valence-corrected chi connectivity index (χ4v) is 1.72. The summed E-state index contributed by atoms with van der Waals surface area (Å²) in [4.78, 5) is 0. The third-order valence-electron chi connectivity index (χ3n) is 2.88. The van der Waals surface area contributed by atoms with Crippen molar-refractivity contribution in [3.63, 3.8) is 0 Å². The highest BCUT2D eigenvalue weighted by Gasteiger charge is 2.19. The molecule has 1 N–H and O–H groups in total. The average Bonchev–Trinajstić information content (AvgIpc) is 3.18. The Morgan fingerprint density at radius 2 is 2.24 bits per heavy atom. The van der Waals surface area contributed by atoms with Gasteiger partial charge in [-0.15, -0.1) is 0 Å². The third kappa shape index (κ3) is 4.75. The molecule has 0 heterocycles. The van der Waals surface area contributed by atoms with Crippen LogP contribution in [0.4, 0.5) is 0 Å². The molecule has 94 valence electrons. The van der Waals surface area contributed by atoms with E-state index < -0.39 is 0 Å². The first-order valence-electron chi connectivity index (χ1n) is 6.32. The van der Waals surface area contributed by atoms with Crippen molar-refractivity contribution in [2.45, 2.75) is 31.9 Å². The molecule has 0 amide bonds. The Hall–Kier alpha value is -1.06. The molecule has 1 saturated carbocycles. The molecule has 1 fully saturated rings. The minimum Gasteiger partial charge on any atom is -0.497 e. The van der Waals surface area contributed by atoms with Crippen LogP contribution in [-0.2, 0) is 11.3 Å². The van der Waals surface area contributed by atoms with Crippen molar-refractivity contribution in [1.82, 2.24) is 5.32 Å². The Balaban J connectivity index is 1.56. The van der Waals surface area contributed by atoms with Crippen LogP contribution >= 0.6 is 0 Å². The van der Waals surface area contributed by atoms with Gasteiger partial charge in [-0.3, -0.25) is 0 Å². The molecule has 0 aliphatic heterocycles. The predicted octanol–water partition coefficient (Wildman–Crippen LogP) is 2.35. The van der Waals surface area contributed by atoms with E-state index in [0.717, 1.165) is 31.4 Å². The van der Waals surface area contributed by atoms with E-state index in [9.17, 15) is 0 Å². The molecule has 17 heavy (non-hydrogen) atoms. The van der Waals surface area contributed by atoms with Gasteiger partial charge in [0.15, 0.2) is 0 Å². The fourth-order valence-electron chi connectivity index (χ4n) is 1.72. The molecule has 1 aliphatic rings. The van der Waals surface area contributed by atoms with E-state index in [-0.39, 0.29) is 0 Å². The molecule has 0 spiro atoms. The third-order valence-corrected chi connectivity index (χ3v) is 2.88. The Kier molecular flexibility index (Phi) is 4.83. The summed E-state index contributed by atoms with van der Waals surface area (Å²) in [6.07, 6.45) is 3.79. The topological polar surface area (TPSA) is 30.5 Å². The smallest absolute Gasteiger partial charge is 0.119 e. The lowest BCUT2D eigenvalue weighted by Crippen LogP contribution is -2.18. The van der Waals surface area contributed by atoms with Crippen molar-refractivity contribution in [1.29, 1.82) is 0 Å². The summed E-state index contributed by atoms with van der Waals surface area (Å²) in [5.41, 5.74) is 1.17. The number of hydrogen-bond donors (Lipinski definition) is 1. The zero-order chi connectivity index (χ0) is 11.9. The quantitative estimate of drug-likeness (QED) is 0.702. The first-order valence-corrected chi connectivity index (χ1v) is 6.32. The van der Waals surface area contributed by atoms with Crippen LogP contribution in [0.3, 0.4) is 0 Å². The Morgan fingerprint density at radius 3 is 3.00 bits per heavy atom. The molecular weight excluding hydrogens is 214 g/mol. The summed E-state index contributed by atoms with van der Waals surface area (Å²) >= 11 is 0. The molecule has 1 aliphatic carbocycles. The zero-order valence-electron chi connectivity index (χ0n) is 10.4. The second kappa shape index (κ2) is 6.62. The van der Waals surface area contributed by atoms with Crippen molar-refractivity contribution in [2.75, 3.05) is 20.3 Å². The molecule has 1 aromatic rings. The highest BCUT2D eigenvalue weighted by Crippen LogP contribution is 2.18. The number of methoxy groups -OCH3 is 1. The lowest BCUT2D eigenvalue weighted by atomic mass is 10.2. The minimum absolute atomic E-state index is 0.667. The van der Waals surface area contributed by atoms with Gasteiger partial charge in [-0.1, -0.05) is 12.1 Å². The molecule has 1 aromatic carbocycles. The van der Waals surface area contributed by atoms with Crippen molar-refractivity contribution in [3.8, 4) is 5.75 Å². The van der Waals surface area contributed by atoms with Gasteiger partial charge in [-0.2, -0.15) is 0 Å². The van der Waals surface area contributed by atoms with Gasteiger partial charge in [0.25, 0.3) is 0 Å². The van der Waals surface area contributed by atoms with Crippen molar-refractivity contribution in [3.05, 3.63) is 29.8 Å². The maximum atomic E-state index is 5.63. The monoisotopic (exact) mass is 235 g/mol. The van der Waals surface area contributed by atoms with Crippen LogP contribution in [0.25, 0.3) is 0 Å². The largest absolute Gasteiger partial charge is 0.497 e. The highest BCUT2D eigenvalue weighted by atomic mass is 16.5. The Morgan fingerprint density at radius 1 is 1.35 bits per heavy atom. The van der Waals surface area contributed by atoms with Gasteiger partial charge in [-0.25, -0.2) is 0 Å². The summed E-state index contributed by atoms with van der Waals surface area (Å²) in [7, 11) is 1.68. The van der Waals surface area contributed by atoms with Crippen LogP contribution < -0.4 is 10.1 Å². The molecule has 3 nitrogen and oxygen atoms in total. The first-order chi connectivity index (χ1) is 8.38. The molecule has 0 radical (unpaired) electrons. The molecule has 2 rings (SSSR count). The summed E-state index contributed by atoms with van der Waals surface area (Å²) in [6, 6.07) is 8.82. The number of hydrogen-bond acceptors (Lipinski definition) is 3. The van der Waals surface area contributed by atoms with E-state index in [1.165, 1.54) is 18.4 Å². The molecule has 0 aromatic heterocycles. The van der Waals surface area contributed by atoms with Gasteiger partial charge in [0.1, 0.15) is 5.75 Å². The lowest BCUT2D eigenvalue weighted by molar-refractivity contribution is 0.118. The summed E-state index contributed by atoms with van der Waals surface area (Å²) < 4.78 is 10.8. The van der Waals surface area contributed by atoms with Crippen LogP contribution in [0.1, 0.15) is 24.8 Å². The number of benzene rings is 1. The van der Waals surface area contributed by atoms with Gasteiger partial charge in [0.2, 0.25) is 0 Å². The average molecular weight is 235 g/mol. The van der Waals surface area contributed by atoms with Crippen LogP contribution in [0, 0.1) is 0 Å². The van der Waals surface area contributed by atoms with E-state index in [1.54, 1.807) is 7.11 Å². The molecule has 0 saturated heterocycles. The predicted molar refractivity (Wildman–Crippen MR) is 68.3 cm³/mol. The summed E-state index contributed by atoms with van der Waals surface area (Å²) in [5, 5.41) is 3.47. The molecule has 0 unspecified atom stereocenters. The molecule has 0 atom stereocenters. The summed E-state index contributed by atoms with van der Waals surface area (Å²) in [6.45, 7) is 2.56. The lowest BCUT2D eigenvalue weighted by Gasteiger charge is -2.06. The van der Waals surface area contributed by atoms with E-state index in [2.05, 4.69) is 11.4 Å². The minimum atomic E-state index is 0.667. The first kappa shape index (κ1) is 12.4. The van der Waals surface area contributed by atoms with Gasteiger partial charge in [-0.05, 0) is 43.5 Å². The van der Waals surface area contributed by atoms with Crippen LogP contribution in [-0.4, -0.2) is 26.3 Å². The van der Waals surface area contributed by atoms with Gasteiger partial charge in [0, 0.05) is 12.6 Å².